The molecule has 2 nitrogen and oxygen atoms in total. The summed E-state index contributed by atoms with van der Waals surface area (Å²) in [5, 5.41) is 2.02. The predicted molar refractivity (Wildman–Crippen MR) is 70.7 cm³/mol. The average molecular weight is 338 g/mol. The molecule has 19 heavy (non-hydrogen) atoms. The Morgan fingerprint density at radius 3 is 2.58 bits per heavy atom. The zero-order valence-electron chi connectivity index (χ0n) is 10.6. The Morgan fingerprint density at radius 2 is 2.00 bits per heavy atom. The summed E-state index contributed by atoms with van der Waals surface area (Å²) in [5.41, 5.74) is 1.75. The third-order valence-corrected chi connectivity index (χ3v) is 3.24. The zero-order valence-corrected chi connectivity index (χ0v) is 12.2. The fourth-order valence-electron chi connectivity index (χ4n) is 1.98. The molecule has 1 aliphatic rings. The Bertz CT molecular complexity index is 460. The minimum Gasteiger partial charge on any atom is -0.341 e. The van der Waals surface area contributed by atoms with Crippen LogP contribution >= 0.6 is 15.9 Å². The summed E-state index contributed by atoms with van der Waals surface area (Å²) in [6, 6.07) is 4.84. The number of nitrogens with one attached hydrogen (secondary N) is 1. The van der Waals surface area contributed by atoms with Gasteiger partial charge in [0.2, 0.25) is 0 Å². The normalized spacial score (nSPS) is 17.3. The smallest absolute Gasteiger partial charge is 0.341 e. The molecular formula is C13H15BrF3NO. The summed E-state index contributed by atoms with van der Waals surface area (Å²) in [6.07, 6.45) is -3.64. The van der Waals surface area contributed by atoms with Crippen LogP contribution in [0.1, 0.15) is 37.4 Å². The standard InChI is InChI=1S/C11H9BrF3NO.C2H6/c12-7-2-3-8-6(5-7)1-4-9(8)16-10(17)11(13,14)15;1-2/h2-3,5,9H,1,4H2,(H,16,17);1-2H3. The molecule has 0 saturated heterocycles. The lowest BCUT2D eigenvalue weighted by atomic mass is 10.1. The second-order valence-electron chi connectivity index (χ2n) is 3.91. The molecule has 0 aromatic heterocycles. The first-order valence-corrected chi connectivity index (χ1v) is 6.83. The van der Waals surface area contributed by atoms with Gasteiger partial charge in [-0.2, -0.15) is 13.2 Å². The van der Waals surface area contributed by atoms with Crippen molar-refractivity contribution >= 4 is 21.8 Å². The van der Waals surface area contributed by atoms with E-state index in [1.165, 1.54) is 0 Å². The number of fused-ring (bicyclic) bond motifs is 1. The van der Waals surface area contributed by atoms with E-state index < -0.39 is 18.1 Å². The van der Waals surface area contributed by atoms with Crippen LogP contribution in [0.5, 0.6) is 0 Å². The topological polar surface area (TPSA) is 29.1 Å². The summed E-state index contributed by atoms with van der Waals surface area (Å²) in [4.78, 5) is 10.9. The van der Waals surface area contributed by atoms with Crippen molar-refractivity contribution in [2.24, 2.45) is 0 Å². The number of amides is 1. The van der Waals surface area contributed by atoms with Crippen molar-refractivity contribution in [2.45, 2.75) is 38.9 Å². The highest BCUT2D eigenvalue weighted by molar-refractivity contribution is 9.10. The number of carbonyl (C=O) groups excluding carboxylic acids is 1. The van der Waals surface area contributed by atoms with Crippen molar-refractivity contribution in [1.82, 2.24) is 5.32 Å². The Kier molecular flexibility index (Phi) is 5.40. The molecule has 0 radical (unpaired) electrons. The van der Waals surface area contributed by atoms with Crippen molar-refractivity contribution < 1.29 is 18.0 Å². The van der Waals surface area contributed by atoms with Gasteiger partial charge in [0, 0.05) is 4.47 Å². The molecular weight excluding hydrogens is 323 g/mol. The molecule has 1 amide bonds. The van der Waals surface area contributed by atoms with E-state index in [1.807, 2.05) is 25.2 Å². The van der Waals surface area contributed by atoms with Crippen LogP contribution in [0.3, 0.4) is 0 Å². The number of aryl methyl sites for hydroxylation is 1. The van der Waals surface area contributed by atoms with Gasteiger partial charge in [-0.15, -0.1) is 0 Å². The minimum absolute atomic E-state index is 0.508. The second kappa shape index (κ2) is 6.41. The van der Waals surface area contributed by atoms with Gasteiger partial charge in [0.15, 0.2) is 0 Å². The molecule has 0 fully saturated rings. The summed E-state index contributed by atoms with van der Waals surface area (Å²) in [7, 11) is 0. The van der Waals surface area contributed by atoms with Crippen LogP contribution in [0.15, 0.2) is 22.7 Å². The molecule has 0 spiro atoms. The number of carbonyl (C=O) groups is 1. The van der Waals surface area contributed by atoms with E-state index in [0.717, 1.165) is 15.6 Å². The van der Waals surface area contributed by atoms with Crippen LogP contribution in [0.2, 0.25) is 0 Å². The number of hydrogen-bond donors (Lipinski definition) is 1. The van der Waals surface area contributed by atoms with E-state index >= 15 is 0 Å². The zero-order chi connectivity index (χ0) is 14.6. The Labute approximate surface area is 118 Å². The highest BCUT2D eigenvalue weighted by Gasteiger charge is 2.40. The van der Waals surface area contributed by atoms with Crippen molar-refractivity contribution in [3.63, 3.8) is 0 Å². The summed E-state index contributed by atoms with van der Waals surface area (Å²) in [5.74, 6) is -1.88. The highest BCUT2D eigenvalue weighted by Crippen LogP contribution is 2.33. The van der Waals surface area contributed by atoms with E-state index in [0.29, 0.717) is 12.8 Å². The Morgan fingerprint density at radius 1 is 1.37 bits per heavy atom. The molecule has 0 aliphatic heterocycles. The van der Waals surface area contributed by atoms with Crippen LogP contribution < -0.4 is 5.32 Å². The van der Waals surface area contributed by atoms with Crippen LogP contribution in [-0.4, -0.2) is 12.1 Å². The first-order valence-electron chi connectivity index (χ1n) is 6.04. The van der Waals surface area contributed by atoms with Gasteiger partial charge in [0.05, 0.1) is 6.04 Å². The van der Waals surface area contributed by atoms with Crippen LogP contribution in [-0.2, 0) is 11.2 Å². The van der Waals surface area contributed by atoms with Gasteiger partial charge >= 0.3 is 12.1 Å². The van der Waals surface area contributed by atoms with Gasteiger partial charge < -0.3 is 5.32 Å². The molecule has 0 heterocycles. The summed E-state index contributed by atoms with van der Waals surface area (Å²) in [6.45, 7) is 4.00. The third-order valence-electron chi connectivity index (χ3n) is 2.75. The average Bonchev–Trinajstić information content (AvgIpc) is 2.73. The fraction of sp³-hybridized carbons (Fsp3) is 0.462. The van der Waals surface area contributed by atoms with E-state index in [9.17, 15) is 18.0 Å². The quantitative estimate of drug-likeness (QED) is 0.819. The monoisotopic (exact) mass is 337 g/mol. The van der Waals surface area contributed by atoms with E-state index in [2.05, 4.69) is 15.9 Å². The van der Waals surface area contributed by atoms with Gasteiger partial charge in [-0.3, -0.25) is 4.79 Å². The number of alkyl halides is 3. The van der Waals surface area contributed by atoms with Crippen molar-refractivity contribution in [2.75, 3.05) is 0 Å². The van der Waals surface area contributed by atoms with Gasteiger partial charge in [-0.05, 0) is 36.1 Å². The molecule has 1 N–H and O–H groups in total. The molecule has 0 bridgehead atoms. The lowest BCUT2D eigenvalue weighted by molar-refractivity contribution is -0.174. The predicted octanol–water partition coefficient (Wildman–Crippen LogP) is 4.14. The summed E-state index contributed by atoms with van der Waals surface area (Å²) < 4.78 is 37.3. The molecule has 2 rings (SSSR count). The number of benzene rings is 1. The van der Waals surface area contributed by atoms with Gasteiger partial charge in [0.1, 0.15) is 0 Å². The maximum absolute atomic E-state index is 12.1. The lowest BCUT2D eigenvalue weighted by Crippen LogP contribution is -2.38. The van der Waals surface area contributed by atoms with Crippen LogP contribution in [0, 0.1) is 0 Å². The minimum atomic E-state index is -4.82. The number of halogens is 4. The van der Waals surface area contributed by atoms with Gasteiger partial charge in [-0.1, -0.05) is 35.8 Å². The molecule has 6 heteroatoms. The molecule has 1 aromatic carbocycles. The molecule has 1 aromatic rings. The first kappa shape index (κ1) is 16.0. The molecule has 1 atom stereocenters. The van der Waals surface area contributed by atoms with Gasteiger partial charge in [-0.25, -0.2) is 0 Å². The summed E-state index contributed by atoms with van der Waals surface area (Å²) >= 11 is 3.30. The largest absolute Gasteiger partial charge is 0.471 e. The molecule has 1 unspecified atom stereocenters. The Hall–Kier alpha value is -1.04. The van der Waals surface area contributed by atoms with Gasteiger partial charge in [0.25, 0.3) is 0 Å². The number of rotatable bonds is 1. The van der Waals surface area contributed by atoms with E-state index in [4.69, 9.17) is 0 Å². The maximum atomic E-state index is 12.1. The Balaban J connectivity index is 0.000000861. The van der Waals surface area contributed by atoms with E-state index in [1.54, 1.807) is 12.1 Å². The molecule has 1 aliphatic carbocycles. The number of hydrogen-bond acceptors (Lipinski definition) is 1. The molecule has 106 valence electrons. The van der Waals surface area contributed by atoms with Crippen LogP contribution in [0.25, 0.3) is 0 Å². The van der Waals surface area contributed by atoms with Crippen molar-refractivity contribution in [3.8, 4) is 0 Å². The van der Waals surface area contributed by atoms with Crippen molar-refractivity contribution in [1.29, 1.82) is 0 Å². The van der Waals surface area contributed by atoms with E-state index in [-0.39, 0.29) is 0 Å². The highest BCUT2D eigenvalue weighted by atomic mass is 79.9. The maximum Gasteiger partial charge on any atom is 0.471 e. The van der Waals surface area contributed by atoms with Crippen molar-refractivity contribution in [3.05, 3.63) is 33.8 Å². The first-order chi connectivity index (χ1) is 8.88. The SMILES string of the molecule is CC.O=C(NC1CCc2cc(Br)ccc21)C(F)(F)F. The third kappa shape index (κ3) is 3.96. The molecule has 0 saturated carbocycles. The lowest BCUT2D eigenvalue weighted by Gasteiger charge is -2.15. The van der Waals surface area contributed by atoms with Crippen LogP contribution in [0.4, 0.5) is 13.2 Å². The fourth-order valence-corrected chi connectivity index (χ4v) is 2.38. The second-order valence-corrected chi connectivity index (χ2v) is 4.82.